The van der Waals surface area contributed by atoms with Crippen LogP contribution in [0.25, 0.3) is 11.4 Å². The lowest BCUT2D eigenvalue weighted by Gasteiger charge is -2.22. The summed E-state index contributed by atoms with van der Waals surface area (Å²) >= 11 is 0. The summed E-state index contributed by atoms with van der Waals surface area (Å²) in [6.07, 6.45) is 1.03. The van der Waals surface area contributed by atoms with Crippen molar-refractivity contribution in [2.45, 2.75) is 31.7 Å². The molecule has 2 aliphatic rings. The lowest BCUT2D eigenvalue weighted by molar-refractivity contribution is -0.130. The fraction of sp³-hybridized carbons (Fsp3) is 0.280. The van der Waals surface area contributed by atoms with Crippen LogP contribution < -0.4 is 5.32 Å². The van der Waals surface area contributed by atoms with Crippen LogP contribution in [0.2, 0.25) is 0 Å². The largest absolute Gasteiger partial charge is 0.346 e. The highest BCUT2D eigenvalue weighted by Gasteiger charge is 2.42. The minimum Gasteiger partial charge on any atom is -0.346 e. The third kappa shape index (κ3) is 3.46. The van der Waals surface area contributed by atoms with Gasteiger partial charge in [-0.05, 0) is 36.6 Å². The van der Waals surface area contributed by atoms with E-state index in [1.807, 2.05) is 31.2 Å². The molecule has 0 radical (unpaired) electrons. The van der Waals surface area contributed by atoms with Crippen molar-refractivity contribution in [3.63, 3.8) is 0 Å². The Kier molecular flexibility index (Phi) is 4.96. The number of aromatic nitrogens is 2. The first-order valence-electron chi connectivity index (χ1n) is 10.8. The Hall–Kier alpha value is -3.68. The number of likely N-dealkylation sites (N-methyl/N-ethyl adjacent to an activating group) is 1. The van der Waals surface area contributed by atoms with Crippen molar-refractivity contribution in [3.8, 4) is 11.4 Å². The van der Waals surface area contributed by atoms with E-state index in [9.17, 15) is 18.4 Å². The maximum Gasteiger partial charge on any atom is 0.255 e. The van der Waals surface area contributed by atoms with Crippen LogP contribution in [0.5, 0.6) is 0 Å². The molecule has 0 saturated carbocycles. The molecule has 33 heavy (non-hydrogen) atoms. The molecule has 0 spiro atoms. The molecule has 1 N–H and O–H groups in total. The van der Waals surface area contributed by atoms with Gasteiger partial charge in [-0.25, -0.2) is 18.7 Å². The van der Waals surface area contributed by atoms with Crippen LogP contribution in [-0.2, 0) is 23.2 Å². The summed E-state index contributed by atoms with van der Waals surface area (Å²) in [5, 5.41) is 2.71. The van der Waals surface area contributed by atoms with Gasteiger partial charge in [0.1, 0.15) is 11.6 Å². The van der Waals surface area contributed by atoms with E-state index in [-0.39, 0.29) is 36.2 Å². The zero-order chi connectivity index (χ0) is 23.3. The van der Waals surface area contributed by atoms with Gasteiger partial charge in [0.2, 0.25) is 5.91 Å². The third-order valence-electron chi connectivity index (χ3n) is 6.62. The van der Waals surface area contributed by atoms with Crippen LogP contribution in [0.3, 0.4) is 0 Å². The Balaban J connectivity index is 1.52. The predicted octanol–water partition coefficient (Wildman–Crippen LogP) is 3.38. The van der Waals surface area contributed by atoms with E-state index in [1.165, 1.54) is 6.07 Å². The molecule has 1 atom stereocenters. The number of amides is 2. The first-order chi connectivity index (χ1) is 15.8. The fourth-order valence-corrected chi connectivity index (χ4v) is 4.63. The first kappa shape index (κ1) is 21.2. The molecule has 2 aromatic carbocycles. The molecule has 0 unspecified atom stereocenters. The molecule has 3 heterocycles. The molecule has 6 nitrogen and oxygen atoms in total. The average molecular weight is 448 g/mol. The van der Waals surface area contributed by atoms with Crippen LogP contribution in [-0.4, -0.2) is 40.3 Å². The number of likely N-dealkylation sites (tertiary alicyclic amines) is 1. The number of nitrogens with zero attached hydrogens (tertiary/aromatic N) is 3. The van der Waals surface area contributed by atoms with Gasteiger partial charge in [0, 0.05) is 20.0 Å². The zero-order valence-corrected chi connectivity index (χ0v) is 18.3. The minimum atomic E-state index is -0.762. The Morgan fingerprint density at radius 1 is 1.03 bits per heavy atom. The summed E-state index contributed by atoms with van der Waals surface area (Å²) in [4.78, 5) is 35.4. The highest BCUT2D eigenvalue weighted by molar-refractivity contribution is 5.99. The molecular weight excluding hydrogens is 426 g/mol. The Morgan fingerprint density at radius 3 is 2.36 bits per heavy atom. The van der Waals surface area contributed by atoms with Crippen LogP contribution in [0.15, 0.2) is 42.5 Å². The standard InChI is InChI=1S/C25H22F2N4O2/c1-25(10-11-31(2)24(25)33)15-8-6-14(7-9-15)12-18-21-19(13-28-23(21)32)30-22(29-18)20-16(26)4-3-5-17(20)27/h3-9H,10-13H2,1-2H3,(H,28,32)/t25-/m1/s1. The second-order valence-electron chi connectivity index (χ2n) is 8.78. The van der Waals surface area contributed by atoms with Crippen LogP contribution in [0, 0.1) is 11.6 Å². The summed E-state index contributed by atoms with van der Waals surface area (Å²) in [5.74, 6) is -1.81. The fourth-order valence-electron chi connectivity index (χ4n) is 4.63. The van der Waals surface area contributed by atoms with Crippen molar-refractivity contribution < 1.29 is 18.4 Å². The van der Waals surface area contributed by atoms with Gasteiger partial charge < -0.3 is 10.2 Å². The summed E-state index contributed by atoms with van der Waals surface area (Å²) in [6.45, 7) is 2.85. The number of carbonyl (C=O) groups excluding carboxylic acids is 2. The Morgan fingerprint density at radius 2 is 1.73 bits per heavy atom. The molecular formula is C25H22F2N4O2. The molecule has 1 fully saturated rings. The quantitative estimate of drug-likeness (QED) is 0.664. The molecule has 0 bridgehead atoms. The Bertz CT molecular complexity index is 1270. The number of hydrogen-bond acceptors (Lipinski definition) is 4. The van der Waals surface area contributed by atoms with Gasteiger partial charge in [0.15, 0.2) is 5.82 Å². The maximum atomic E-state index is 14.4. The van der Waals surface area contributed by atoms with Crippen LogP contribution >= 0.6 is 0 Å². The summed E-state index contributed by atoms with van der Waals surface area (Å²) in [7, 11) is 1.80. The number of nitrogens with one attached hydrogen (secondary N) is 1. The zero-order valence-electron chi connectivity index (χ0n) is 18.3. The first-order valence-corrected chi connectivity index (χ1v) is 10.8. The molecule has 8 heteroatoms. The van der Waals surface area contributed by atoms with Crippen LogP contribution in [0.4, 0.5) is 8.78 Å². The van der Waals surface area contributed by atoms with Gasteiger partial charge in [-0.3, -0.25) is 9.59 Å². The van der Waals surface area contributed by atoms with Crippen molar-refractivity contribution in [2.24, 2.45) is 0 Å². The van der Waals surface area contributed by atoms with Crippen LogP contribution in [0.1, 0.15) is 46.2 Å². The minimum absolute atomic E-state index is 0.0837. The highest BCUT2D eigenvalue weighted by atomic mass is 19.1. The monoisotopic (exact) mass is 448 g/mol. The summed E-state index contributed by atoms with van der Waals surface area (Å²) in [5.41, 5.74) is 2.10. The number of halogens is 2. The van der Waals surface area contributed by atoms with E-state index in [0.29, 0.717) is 23.5 Å². The van der Waals surface area contributed by atoms with Crippen molar-refractivity contribution in [3.05, 3.63) is 82.2 Å². The van der Waals surface area contributed by atoms with Gasteiger partial charge in [0.05, 0.1) is 34.5 Å². The number of carbonyl (C=O) groups is 2. The summed E-state index contributed by atoms with van der Waals surface area (Å²) in [6, 6.07) is 11.2. The van der Waals surface area contributed by atoms with E-state index >= 15 is 0 Å². The smallest absolute Gasteiger partial charge is 0.255 e. The van der Waals surface area contributed by atoms with E-state index in [4.69, 9.17) is 0 Å². The number of hydrogen-bond donors (Lipinski definition) is 1. The van der Waals surface area contributed by atoms with Crippen molar-refractivity contribution in [2.75, 3.05) is 13.6 Å². The summed E-state index contributed by atoms with van der Waals surface area (Å²) < 4.78 is 28.8. The second-order valence-corrected chi connectivity index (χ2v) is 8.78. The SMILES string of the molecule is CN1CC[C@](C)(c2ccc(Cc3nc(-c4c(F)cccc4F)nc4c3C(=O)NC4)cc2)C1=O. The number of benzene rings is 2. The van der Waals surface area contributed by atoms with E-state index in [1.54, 1.807) is 11.9 Å². The Labute approximate surface area is 189 Å². The second kappa shape index (κ2) is 7.72. The third-order valence-corrected chi connectivity index (χ3v) is 6.62. The van der Waals surface area contributed by atoms with Crippen molar-refractivity contribution in [1.82, 2.24) is 20.2 Å². The van der Waals surface area contributed by atoms with Gasteiger partial charge in [0.25, 0.3) is 5.91 Å². The van der Waals surface area contributed by atoms with Crippen molar-refractivity contribution >= 4 is 11.8 Å². The molecule has 2 aliphatic heterocycles. The molecule has 168 valence electrons. The molecule has 5 rings (SSSR count). The van der Waals surface area contributed by atoms with E-state index in [0.717, 1.165) is 29.7 Å². The molecule has 2 amide bonds. The van der Waals surface area contributed by atoms with Gasteiger partial charge in [-0.15, -0.1) is 0 Å². The van der Waals surface area contributed by atoms with E-state index < -0.39 is 17.0 Å². The lowest BCUT2D eigenvalue weighted by Crippen LogP contribution is -2.33. The number of fused-ring (bicyclic) bond motifs is 1. The molecule has 0 aliphatic carbocycles. The molecule has 3 aromatic rings. The molecule has 1 aromatic heterocycles. The average Bonchev–Trinajstić information content (AvgIpc) is 3.29. The van der Waals surface area contributed by atoms with Gasteiger partial charge >= 0.3 is 0 Å². The highest BCUT2D eigenvalue weighted by Crippen LogP contribution is 2.35. The van der Waals surface area contributed by atoms with Crippen molar-refractivity contribution in [1.29, 1.82) is 0 Å². The maximum absolute atomic E-state index is 14.4. The van der Waals surface area contributed by atoms with Gasteiger partial charge in [-0.2, -0.15) is 0 Å². The predicted molar refractivity (Wildman–Crippen MR) is 117 cm³/mol. The number of rotatable bonds is 4. The molecule has 1 saturated heterocycles. The van der Waals surface area contributed by atoms with E-state index in [2.05, 4.69) is 15.3 Å². The normalized spacial score (nSPS) is 19.7. The topological polar surface area (TPSA) is 75.2 Å². The van der Waals surface area contributed by atoms with Gasteiger partial charge in [-0.1, -0.05) is 30.3 Å². The lowest BCUT2D eigenvalue weighted by atomic mass is 9.80.